The van der Waals surface area contributed by atoms with Gasteiger partial charge in [-0.25, -0.2) is 8.42 Å². The minimum atomic E-state index is -2.91. The normalized spacial score (nSPS) is 21.3. The first kappa shape index (κ1) is 20.1. The van der Waals surface area contributed by atoms with E-state index in [0.717, 1.165) is 50.0 Å². The predicted octanol–water partition coefficient (Wildman–Crippen LogP) is 4.27. The van der Waals surface area contributed by atoms with Crippen molar-refractivity contribution >= 4 is 9.84 Å². The number of aryl methyl sites for hydroxylation is 1. The first-order valence-electron chi connectivity index (χ1n) is 9.28. The van der Waals surface area contributed by atoms with Crippen molar-refractivity contribution in [1.82, 2.24) is 0 Å². The molecule has 0 saturated heterocycles. The summed E-state index contributed by atoms with van der Waals surface area (Å²) >= 11 is 0. The van der Waals surface area contributed by atoms with Crippen LogP contribution in [0.25, 0.3) is 0 Å². The fourth-order valence-electron chi connectivity index (χ4n) is 3.61. The van der Waals surface area contributed by atoms with Crippen LogP contribution in [-0.2, 0) is 16.3 Å². The van der Waals surface area contributed by atoms with Crippen LogP contribution in [0.3, 0.4) is 0 Å². The molecule has 0 N–H and O–H groups in total. The summed E-state index contributed by atoms with van der Waals surface area (Å²) in [4.78, 5) is 0. The first-order valence-corrected chi connectivity index (χ1v) is 11.0. The summed E-state index contributed by atoms with van der Waals surface area (Å²) in [5.74, 6) is 2.96. The lowest BCUT2D eigenvalue weighted by Crippen LogP contribution is -2.26. The standard InChI is InChI=1S/C20H32O4S/c1-15(2)25(21,22)14-18-9-6-16(7-10-18)5-8-17-11-12-19(23-3)20(13-17)24-4/h11-13,15-16,18H,5-10,14H2,1-4H3. The highest BCUT2D eigenvalue weighted by atomic mass is 32.2. The first-order chi connectivity index (χ1) is 11.9. The summed E-state index contributed by atoms with van der Waals surface area (Å²) in [6.07, 6.45) is 6.56. The quantitative estimate of drug-likeness (QED) is 0.688. The van der Waals surface area contributed by atoms with Crippen LogP contribution in [0.15, 0.2) is 18.2 Å². The number of hydrogen-bond acceptors (Lipinski definition) is 4. The third-order valence-corrected chi connectivity index (χ3v) is 7.81. The number of benzene rings is 1. The number of methoxy groups -OCH3 is 2. The second-order valence-corrected chi connectivity index (χ2v) is 10.1. The van der Waals surface area contributed by atoms with E-state index in [9.17, 15) is 8.42 Å². The molecule has 2 rings (SSSR count). The van der Waals surface area contributed by atoms with Crippen LogP contribution in [0.1, 0.15) is 51.5 Å². The molecule has 142 valence electrons. The Labute approximate surface area is 152 Å². The van der Waals surface area contributed by atoms with Gasteiger partial charge in [-0.2, -0.15) is 0 Å². The number of sulfone groups is 1. The number of rotatable bonds is 8. The average molecular weight is 369 g/mol. The summed E-state index contributed by atoms with van der Waals surface area (Å²) in [6.45, 7) is 3.56. The van der Waals surface area contributed by atoms with E-state index in [-0.39, 0.29) is 5.25 Å². The molecule has 1 aliphatic carbocycles. The predicted molar refractivity (Wildman–Crippen MR) is 102 cm³/mol. The summed E-state index contributed by atoms with van der Waals surface area (Å²) < 4.78 is 34.8. The van der Waals surface area contributed by atoms with Crippen LogP contribution in [0.5, 0.6) is 11.5 Å². The maximum Gasteiger partial charge on any atom is 0.160 e. The Balaban J connectivity index is 1.81. The van der Waals surface area contributed by atoms with Gasteiger partial charge in [-0.3, -0.25) is 0 Å². The van der Waals surface area contributed by atoms with Gasteiger partial charge in [-0.1, -0.05) is 18.9 Å². The van der Waals surface area contributed by atoms with E-state index in [1.165, 1.54) is 5.56 Å². The van der Waals surface area contributed by atoms with E-state index in [4.69, 9.17) is 9.47 Å². The molecule has 1 aromatic carbocycles. The summed E-state index contributed by atoms with van der Waals surface area (Å²) in [7, 11) is 0.398. The molecule has 0 bridgehead atoms. The van der Waals surface area contributed by atoms with Gasteiger partial charge in [0.05, 0.1) is 25.2 Å². The Morgan fingerprint density at radius 1 is 1.00 bits per heavy atom. The molecule has 1 aliphatic rings. The minimum Gasteiger partial charge on any atom is -0.493 e. The van der Waals surface area contributed by atoms with Gasteiger partial charge < -0.3 is 9.47 Å². The van der Waals surface area contributed by atoms with Gasteiger partial charge in [0, 0.05) is 0 Å². The summed E-state index contributed by atoms with van der Waals surface area (Å²) in [5, 5.41) is -0.254. The molecule has 0 spiro atoms. The molecular formula is C20H32O4S. The van der Waals surface area contributed by atoms with Crippen molar-refractivity contribution in [1.29, 1.82) is 0 Å². The molecule has 0 atom stereocenters. The Kier molecular flexibility index (Phi) is 7.17. The van der Waals surface area contributed by atoms with E-state index in [0.29, 0.717) is 17.6 Å². The Morgan fingerprint density at radius 3 is 2.16 bits per heavy atom. The van der Waals surface area contributed by atoms with E-state index < -0.39 is 9.84 Å². The fourth-order valence-corrected chi connectivity index (χ4v) is 4.99. The Bertz CT molecular complexity index is 644. The van der Waals surface area contributed by atoms with Gasteiger partial charge in [0.1, 0.15) is 0 Å². The van der Waals surface area contributed by atoms with Gasteiger partial charge in [0.25, 0.3) is 0 Å². The zero-order chi connectivity index (χ0) is 18.4. The van der Waals surface area contributed by atoms with Crippen LogP contribution < -0.4 is 9.47 Å². The van der Waals surface area contributed by atoms with Gasteiger partial charge in [0.15, 0.2) is 21.3 Å². The van der Waals surface area contributed by atoms with Gasteiger partial charge >= 0.3 is 0 Å². The fraction of sp³-hybridized carbons (Fsp3) is 0.700. The van der Waals surface area contributed by atoms with Crippen LogP contribution in [0.2, 0.25) is 0 Å². The highest BCUT2D eigenvalue weighted by Crippen LogP contribution is 2.34. The van der Waals surface area contributed by atoms with Crippen LogP contribution >= 0.6 is 0 Å². The maximum atomic E-state index is 12.1. The average Bonchev–Trinajstić information content (AvgIpc) is 2.60. The van der Waals surface area contributed by atoms with Crippen molar-refractivity contribution in [2.75, 3.05) is 20.0 Å². The zero-order valence-corrected chi connectivity index (χ0v) is 16.8. The molecule has 0 aliphatic heterocycles. The van der Waals surface area contributed by atoms with Gasteiger partial charge in [0.2, 0.25) is 0 Å². The molecule has 25 heavy (non-hydrogen) atoms. The van der Waals surface area contributed by atoms with E-state index in [2.05, 4.69) is 12.1 Å². The molecule has 5 heteroatoms. The SMILES string of the molecule is COc1ccc(CCC2CCC(CS(=O)(=O)C(C)C)CC2)cc1OC. The Hall–Kier alpha value is -1.23. The summed E-state index contributed by atoms with van der Waals surface area (Å²) in [6, 6.07) is 6.11. The molecule has 1 aromatic rings. The molecule has 0 radical (unpaired) electrons. The highest BCUT2D eigenvalue weighted by molar-refractivity contribution is 7.91. The third-order valence-electron chi connectivity index (χ3n) is 5.44. The van der Waals surface area contributed by atoms with E-state index in [1.807, 2.05) is 6.07 Å². The van der Waals surface area contributed by atoms with Crippen LogP contribution in [0.4, 0.5) is 0 Å². The van der Waals surface area contributed by atoms with Crippen molar-refractivity contribution in [3.63, 3.8) is 0 Å². The van der Waals surface area contributed by atoms with E-state index in [1.54, 1.807) is 28.1 Å². The second-order valence-electron chi connectivity index (χ2n) is 7.49. The van der Waals surface area contributed by atoms with Crippen molar-refractivity contribution in [2.24, 2.45) is 11.8 Å². The number of ether oxygens (including phenoxy) is 2. The molecule has 4 nitrogen and oxygen atoms in total. The molecule has 1 saturated carbocycles. The molecule has 0 aromatic heterocycles. The van der Waals surface area contributed by atoms with Crippen LogP contribution in [0, 0.1) is 11.8 Å². The van der Waals surface area contributed by atoms with E-state index >= 15 is 0 Å². The number of hydrogen-bond donors (Lipinski definition) is 0. The topological polar surface area (TPSA) is 52.6 Å². The van der Waals surface area contributed by atoms with Gasteiger partial charge in [-0.15, -0.1) is 0 Å². The lowest BCUT2D eigenvalue weighted by atomic mass is 9.80. The van der Waals surface area contributed by atoms with Crippen molar-refractivity contribution in [2.45, 2.75) is 57.6 Å². The molecular weight excluding hydrogens is 336 g/mol. The Morgan fingerprint density at radius 2 is 1.60 bits per heavy atom. The van der Waals surface area contributed by atoms with Crippen LogP contribution in [-0.4, -0.2) is 33.6 Å². The third kappa shape index (κ3) is 5.63. The molecule has 0 heterocycles. The smallest absolute Gasteiger partial charge is 0.160 e. The molecule has 0 unspecified atom stereocenters. The lowest BCUT2D eigenvalue weighted by Gasteiger charge is -2.29. The largest absolute Gasteiger partial charge is 0.493 e. The molecule has 0 amide bonds. The summed E-state index contributed by atoms with van der Waals surface area (Å²) in [5.41, 5.74) is 1.27. The minimum absolute atomic E-state index is 0.254. The second kappa shape index (κ2) is 8.93. The zero-order valence-electron chi connectivity index (χ0n) is 16.0. The molecule has 1 fully saturated rings. The maximum absolute atomic E-state index is 12.1. The highest BCUT2D eigenvalue weighted by Gasteiger charge is 2.27. The van der Waals surface area contributed by atoms with Crippen molar-refractivity contribution in [3.05, 3.63) is 23.8 Å². The lowest BCUT2D eigenvalue weighted by molar-refractivity contribution is 0.278. The van der Waals surface area contributed by atoms with Crippen molar-refractivity contribution < 1.29 is 17.9 Å². The van der Waals surface area contributed by atoms with Gasteiger partial charge in [-0.05, 0) is 69.1 Å². The monoisotopic (exact) mass is 368 g/mol. The van der Waals surface area contributed by atoms with Crippen molar-refractivity contribution in [3.8, 4) is 11.5 Å².